The van der Waals surface area contributed by atoms with Gasteiger partial charge in [-0.25, -0.2) is 4.79 Å². The van der Waals surface area contributed by atoms with Crippen LogP contribution in [0.2, 0.25) is 10.0 Å². The topological polar surface area (TPSA) is 99.5 Å². The molecule has 0 aromatic heterocycles. The molecule has 1 aliphatic heterocycles. The van der Waals surface area contributed by atoms with Crippen LogP contribution in [0.15, 0.2) is 83.4 Å². The van der Waals surface area contributed by atoms with Crippen molar-refractivity contribution in [3.8, 4) is 6.07 Å². The van der Waals surface area contributed by atoms with Crippen molar-refractivity contribution in [2.75, 3.05) is 16.8 Å². The molecule has 4 rings (SSSR count). The van der Waals surface area contributed by atoms with E-state index in [-0.39, 0.29) is 23.1 Å². The van der Waals surface area contributed by atoms with Crippen molar-refractivity contribution in [3.05, 3.63) is 105 Å². The number of amides is 2. The van der Waals surface area contributed by atoms with E-state index in [1.807, 2.05) is 12.1 Å². The van der Waals surface area contributed by atoms with Gasteiger partial charge >= 0.3 is 5.97 Å². The summed E-state index contributed by atoms with van der Waals surface area (Å²) in [4.78, 5) is 40.1. The molecular formula is C28H21Cl2N3O4S. The molecule has 2 amide bonds. The SMILES string of the molecule is CCOC(=O)c1ccc(NC(=O)/C(C#N)=C2\S[C@@H](Cc3ccc(Cl)c(Cl)c3)C(=O)N2c2ccccc2)cc1. The van der Waals surface area contributed by atoms with Gasteiger partial charge < -0.3 is 10.1 Å². The first kappa shape index (κ1) is 27.3. The highest BCUT2D eigenvalue weighted by atomic mass is 35.5. The fourth-order valence-corrected chi connectivity index (χ4v) is 5.41. The first-order chi connectivity index (χ1) is 18.3. The molecular weight excluding hydrogens is 545 g/mol. The van der Waals surface area contributed by atoms with Gasteiger partial charge in [0.05, 0.1) is 27.5 Å². The van der Waals surface area contributed by atoms with E-state index in [0.29, 0.717) is 33.4 Å². The number of para-hydroxylation sites is 1. The average Bonchev–Trinajstić information content (AvgIpc) is 3.22. The highest BCUT2D eigenvalue weighted by Crippen LogP contribution is 2.42. The molecule has 0 unspecified atom stereocenters. The van der Waals surface area contributed by atoms with Crippen LogP contribution < -0.4 is 10.2 Å². The number of nitriles is 1. The smallest absolute Gasteiger partial charge is 0.338 e. The van der Waals surface area contributed by atoms with Gasteiger partial charge in [-0.1, -0.05) is 59.2 Å². The lowest BCUT2D eigenvalue weighted by Gasteiger charge is -2.18. The Morgan fingerprint density at radius 1 is 1.05 bits per heavy atom. The molecule has 0 aliphatic carbocycles. The van der Waals surface area contributed by atoms with E-state index in [1.165, 1.54) is 17.0 Å². The molecule has 38 heavy (non-hydrogen) atoms. The first-order valence-electron chi connectivity index (χ1n) is 11.5. The number of nitrogens with one attached hydrogen (secondary N) is 1. The first-order valence-corrected chi connectivity index (χ1v) is 13.2. The van der Waals surface area contributed by atoms with Crippen LogP contribution in [0.5, 0.6) is 0 Å². The molecule has 1 atom stereocenters. The minimum absolute atomic E-state index is 0.210. The number of thioether (sulfide) groups is 1. The molecule has 1 saturated heterocycles. The van der Waals surface area contributed by atoms with Gasteiger partial charge in [-0.15, -0.1) is 0 Å². The maximum Gasteiger partial charge on any atom is 0.338 e. The van der Waals surface area contributed by atoms with Gasteiger partial charge in [-0.3, -0.25) is 14.5 Å². The highest BCUT2D eigenvalue weighted by molar-refractivity contribution is 8.05. The van der Waals surface area contributed by atoms with Crippen LogP contribution in [0.3, 0.4) is 0 Å². The summed E-state index contributed by atoms with van der Waals surface area (Å²) in [5, 5.41) is 13.1. The third-order valence-corrected chi connectivity index (χ3v) is 7.58. The number of esters is 1. The predicted octanol–water partition coefficient (Wildman–Crippen LogP) is 6.24. The van der Waals surface area contributed by atoms with Crippen molar-refractivity contribution in [3.63, 3.8) is 0 Å². The van der Waals surface area contributed by atoms with Crippen molar-refractivity contribution in [2.24, 2.45) is 0 Å². The molecule has 1 aliphatic rings. The summed E-state index contributed by atoms with van der Waals surface area (Å²) in [6.07, 6.45) is 0.322. The number of carbonyl (C=O) groups is 3. The number of rotatable bonds is 7. The monoisotopic (exact) mass is 565 g/mol. The van der Waals surface area contributed by atoms with Crippen LogP contribution in [-0.4, -0.2) is 29.6 Å². The molecule has 0 bridgehead atoms. The molecule has 1 heterocycles. The largest absolute Gasteiger partial charge is 0.462 e. The number of halogens is 2. The lowest BCUT2D eigenvalue weighted by Crippen LogP contribution is -2.30. The second-order valence-corrected chi connectivity index (χ2v) is 10.1. The van der Waals surface area contributed by atoms with E-state index in [4.69, 9.17) is 27.9 Å². The molecule has 0 saturated carbocycles. The molecule has 1 N–H and O–H groups in total. The van der Waals surface area contributed by atoms with Gasteiger partial charge in [-0.05, 0) is 67.4 Å². The quantitative estimate of drug-likeness (QED) is 0.207. The summed E-state index contributed by atoms with van der Waals surface area (Å²) in [5.74, 6) is -1.41. The fraction of sp³-hybridized carbons (Fsp3) is 0.143. The van der Waals surface area contributed by atoms with Crippen LogP contribution in [0, 0.1) is 11.3 Å². The average molecular weight is 566 g/mol. The standard InChI is InChI=1S/C28H21Cl2N3O4S/c1-2-37-28(36)18-9-11-19(12-10-18)32-25(34)21(16-31)27-33(20-6-4-3-5-7-20)26(35)24(38-27)15-17-8-13-22(29)23(30)14-17/h3-14,24H,2,15H2,1H3,(H,32,34)/b27-21-/t24-/m0/s1. The number of anilines is 2. The minimum atomic E-state index is -0.678. The van der Waals surface area contributed by atoms with Gasteiger partial charge in [0.2, 0.25) is 5.91 Å². The molecule has 3 aromatic rings. The fourth-order valence-electron chi connectivity index (χ4n) is 3.78. The van der Waals surface area contributed by atoms with Crippen LogP contribution in [0.1, 0.15) is 22.8 Å². The zero-order valence-corrected chi connectivity index (χ0v) is 22.4. The molecule has 7 nitrogen and oxygen atoms in total. The van der Waals surface area contributed by atoms with Gasteiger partial charge in [0, 0.05) is 11.4 Å². The van der Waals surface area contributed by atoms with Crippen LogP contribution >= 0.6 is 35.0 Å². The van der Waals surface area contributed by atoms with E-state index in [9.17, 15) is 19.6 Å². The summed E-state index contributed by atoms with van der Waals surface area (Å²) in [6.45, 7) is 1.96. The summed E-state index contributed by atoms with van der Waals surface area (Å²) in [5.41, 5.74) is 1.84. The van der Waals surface area contributed by atoms with E-state index in [2.05, 4.69) is 5.32 Å². The van der Waals surface area contributed by atoms with E-state index >= 15 is 0 Å². The maximum atomic E-state index is 13.6. The predicted molar refractivity (Wildman–Crippen MR) is 149 cm³/mol. The Morgan fingerprint density at radius 2 is 1.76 bits per heavy atom. The number of carbonyl (C=O) groups excluding carboxylic acids is 3. The Labute approximate surface area is 234 Å². The number of hydrogen-bond donors (Lipinski definition) is 1. The third kappa shape index (κ3) is 6.03. The van der Waals surface area contributed by atoms with E-state index in [0.717, 1.165) is 17.3 Å². The zero-order chi connectivity index (χ0) is 27.2. The molecule has 0 spiro atoms. The second kappa shape index (κ2) is 12.2. The number of ether oxygens (including phenoxy) is 1. The highest BCUT2D eigenvalue weighted by Gasteiger charge is 2.40. The molecule has 192 valence electrons. The Morgan fingerprint density at radius 3 is 2.39 bits per heavy atom. The number of nitrogens with zero attached hydrogens (tertiary/aromatic N) is 2. The number of hydrogen-bond acceptors (Lipinski definition) is 6. The molecule has 1 fully saturated rings. The van der Waals surface area contributed by atoms with Gasteiger partial charge in [0.25, 0.3) is 5.91 Å². The number of benzene rings is 3. The molecule has 3 aromatic carbocycles. The lowest BCUT2D eigenvalue weighted by molar-refractivity contribution is -0.117. The van der Waals surface area contributed by atoms with Crippen molar-refractivity contribution in [1.82, 2.24) is 0 Å². The normalized spacial score (nSPS) is 16.1. The minimum Gasteiger partial charge on any atom is -0.462 e. The Balaban J connectivity index is 1.64. The van der Waals surface area contributed by atoms with Crippen molar-refractivity contribution >= 4 is 64.1 Å². The van der Waals surface area contributed by atoms with Crippen molar-refractivity contribution < 1.29 is 19.1 Å². The lowest BCUT2D eigenvalue weighted by atomic mass is 10.1. The Hall–Kier alpha value is -3.77. The van der Waals surface area contributed by atoms with Crippen LogP contribution in [0.25, 0.3) is 0 Å². The summed E-state index contributed by atoms with van der Waals surface area (Å²) in [6, 6.07) is 22.1. The van der Waals surface area contributed by atoms with Crippen LogP contribution in [-0.2, 0) is 20.7 Å². The van der Waals surface area contributed by atoms with Gasteiger partial charge in [0.15, 0.2) is 0 Å². The Bertz CT molecular complexity index is 1450. The van der Waals surface area contributed by atoms with E-state index in [1.54, 1.807) is 61.5 Å². The molecule has 0 radical (unpaired) electrons. The van der Waals surface area contributed by atoms with Gasteiger partial charge in [0.1, 0.15) is 16.7 Å². The van der Waals surface area contributed by atoms with E-state index < -0.39 is 17.1 Å². The summed E-state index contributed by atoms with van der Waals surface area (Å²) < 4.78 is 4.97. The second-order valence-electron chi connectivity index (χ2n) is 8.11. The Kier molecular flexibility index (Phi) is 8.74. The molecule has 10 heteroatoms. The summed E-state index contributed by atoms with van der Waals surface area (Å²) in [7, 11) is 0. The van der Waals surface area contributed by atoms with Crippen molar-refractivity contribution in [1.29, 1.82) is 5.26 Å². The maximum absolute atomic E-state index is 13.6. The summed E-state index contributed by atoms with van der Waals surface area (Å²) >= 11 is 13.3. The third-order valence-electron chi connectivity index (χ3n) is 5.58. The zero-order valence-electron chi connectivity index (χ0n) is 20.1. The van der Waals surface area contributed by atoms with Crippen molar-refractivity contribution in [2.45, 2.75) is 18.6 Å². The van der Waals surface area contributed by atoms with Gasteiger partial charge in [-0.2, -0.15) is 5.26 Å². The van der Waals surface area contributed by atoms with Crippen LogP contribution in [0.4, 0.5) is 11.4 Å².